The lowest BCUT2D eigenvalue weighted by Gasteiger charge is -2.36. The van der Waals surface area contributed by atoms with Crippen LogP contribution in [0.25, 0.3) is 11.0 Å². The molecule has 8 rings (SSSR count). The lowest BCUT2D eigenvalue weighted by atomic mass is 10.2. The zero-order valence-corrected chi connectivity index (χ0v) is 36.4. The molecular formula is C43H51Br2ClN8O3. The number of rotatable bonds is 15. The number of pyridine rings is 2. The minimum Gasteiger partial charge on any atom is -0.495 e. The van der Waals surface area contributed by atoms with Gasteiger partial charge in [-0.1, -0.05) is 35.9 Å². The van der Waals surface area contributed by atoms with Crippen LogP contribution in [0.5, 0.6) is 17.2 Å². The molecule has 2 aliphatic heterocycles. The molecule has 6 aromatic rings. The van der Waals surface area contributed by atoms with Gasteiger partial charge in [0.25, 0.3) is 0 Å². The standard InChI is InChI=1S/C22H27BrN4O2.C21H24BrClN4O/c1-28-22-7-3-2-6-20(22)26-13-11-25(12-14-26)9-4-5-15-29-18-8-10-27-21(16-18)19(23)17-24-27;22-18-16-24-27-9-7-17(15-21(18)27)28-14-4-3-8-25-10-12-26(13-11-25)20-6-2-1-5-19(20)23/h2-3,6-8,10,16-17H,4-5,9,11-15H2,1H3;1-2,5-7,9,15-16H,3-4,8,10-14H2. The Morgan fingerprint density at radius 1 is 0.596 bits per heavy atom. The molecule has 2 aliphatic rings. The van der Waals surface area contributed by atoms with Crippen molar-refractivity contribution in [3.05, 3.63) is 112 Å². The molecule has 11 nitrogen and oxygen atoms in total. The summed E-state index contributed by atoms with van der Waals surface area (Å²) >= 11 is 13.3. The summed E-state index contributed by atoms with van der Waals surface area (Å²) in [6, 6.07) is 24.3. The van der Waals surface area contributed by atoms with Crippen LogP contribution in [0.1, 0.15) is 25.7 Å². The first kappa shape index (κ1) is 41.2. The second-order valence-corrected chi connectivity index (χ2v) is 16.4. The Balaban J connectivity index is 0.000000174. The number of unbranched alkanes of at least 4 members (excludes halogenated alkanes) is 2. The van der Waals surface area contributed by atoms with Crippen LogP contribution in [0.3, 0.4) is 0 Å². The number of piperazine rings is 2. The van der Waals surface area contributed by atoms with E-state index in [0.29, 0.717) is 0 Å². The molecule has 2 aromatic carbocycles. The van der Waals surface area contributed by atoms with E-state index in [1.807, 2.05) is 70.0 Å². The highest BCUT2D eigenvalue weighted by molar-refractivity contribution is 9.11. The summed E-state index contributed by atoms with van der Waals surface area (Å²) < 4.78 is 23.0. The number of nitrogens with zero attached hydrogens (tertiary/aromatic N) is 8. The fraction of sp³-hybridized carbons (Fsp3) is 0.395. The molecule has 57 heavy (non-hydrogen) atoms. The molecule has 4 aromatic heterocycles. The first-order valence-corrected chi connectivity index (χ1v) is 21.7. The molecule has 0 radical (unpaired) electrons. The normalized spacial score (nSPS) is 15.2. The van der Waals surface area contributed by atoms with Crippen molar-refractivity contribution < 1.29 is 14.2 Å². The molecule has 0 N–H and O–H groups in total. The predicted molar refractivity (Wildman–Crippen MR) is 237 cm³/mol. The molecule has 2 saturated heterocycles. The Hall–Kier alpha value is -4.01. The molecule has 2 fully saturated rings. The first-order chi connectivity index (χ1) is 27.9. The molecule has 14 heteroatoms. The summed E-state index contributed by atoms with van der Waals surface area (Å²) in [5.74, 6) is 2.74. The third-order valence-electron chi connectivity index (χ3n) is 10.5. The highest BCUT2D eigenvalue weighted by Crippen LogP contribution is 2.29. The van der Waals surface area contributed by atoms with Gasteiger partial charge in [-0.15, -0.1) is 0 Å². The largest absolute Gasteiger partial charge is 0.495 e. The van der Waals surface area contributed by atoms with Crippen molar-refractivity contribution in [2.75, 3.05) is 95.6 Å². The van der Waals surface area contributed by atoms with Gasteiger partial charge in [-0.3, -0.25) is 9.80 Å². The van der Waals surface area contributed by atoms with Crippen molar-refractivity contribution in [3.63, 3.8) is 0 Å². The quantitative estimate of drug-likeness (QED) is 0.0941. The van der Waals surface area contributed by atoms with Crippen molar-refractivity contribution in [3.8, 4) is 17.2 Å². The Morgan fingerprint density at radius 3 is 1.58 bits per heavy atom. The summed E-state index contributed by atoms with van der Waals surface area (Å²) in [4.78, 5) is 9.87. The second kappa shape index (κ2) is 20.6. The Kier molecular flexibility index (Phi) is 14.9. The summed E-state index contributed by atoms with van der Waals surface area (Å²) in [7, 11) is 1.74. The third kappa shape index (κ3) is 11.1. The molecule has 0 aliphatic carbocycles. The predicted octanol–water partition coefficient (Wildman–Crippen LogP) is 8.82. The molecule has 302 valence electrons. The molecule has 0 saturated carbocycles. The lowest BCUT2D eigenvalue weighted by molar-refractivity contribution is 0.238. The molecule has 6 heterocycles. The fourth-order valence-electron chi connectivity index (χ4n) is 7.32. The van der Waals surface area contributed by atoms with Crippen LogP contribution in [0, 0.1) is 0 Å². The highest BCUT2D eigenvalue weighted by Gasteiger charge is 2.20. The minimum atomic E-state index is 0.738. The van der Waals surface area contributed by atoms with Gasteiger partial charge in [-0.05, 0) is 107 Å². The number of benzene rings is 2. The van der Waals surface area contributed by atoms with Crippen molar-refractivity contribution in [1.29, 1.82) is 0 Å². The number of halogens is 3. The summed E-state index contributed by atoms with van der Waals surface area (Å²) in [5.41, 5.74) is 4.40. The maximum Gasteiger partial charge on any atom is 0.142 e. The van der Waals surface area contributed by atoms with Gasteiger partial charge >= 0.3 is 0 Å². The molecule has 0 amide bonds. The van der Waals surface area contributed by atoms with E-state index in [2.05, 4.69) is 85.9 Å². The van der Waals surface area contributed by atoms with Crippen LogP contribution in [0.15, 0.2) is 107 Å². The first-order valence-electron chi connectivity index (χ1n) is 19.8. The molecule has 0 spiro atoms. The second-order valence-electron chi connectivity index (χ2n) is 14.3. The molecule has 0 atom stereocenters. The fourth-order valence-corrected chi connectivity index (χ4v) is 8.35. The van der Waals surface area contributed by atoms with Crippen LogP contribution < -0.4 is 24.0 Å². The third-order valence-corrected chi connectivity index (χ3v) is 12.1. The number of aromatic nitrogens is 4. The average molecular weight is 923 g/mol. The van der Waals surface area contributed by atoms with E-state index in [4.69, 9.17) is 25.8 Å². The molecule has 0 unspecified atom stereocenters. The zero-order valence-electron chi connectivity index (χ0n) is 32.5. The van der Waals surface area contributed by atoms with Gasteiger partial charge in [0.2, 0.25) is 0 Å². The summed E-state index contributed by atoms with van der Waals surface area (Å²) in [6.45, 7) is 12.2. The Morgan fingerprint density at radius 2 is 1.07 bits per heavy atom. The van der Waals surface area contributed by atoms with Gasteiger partial charge in [-0.25, -0.2) is 9.03 Å². The van der Waals surface area contributed by atoms with Gasteiger partial charge in [0.1, 0.15) is 17.2 Å². The maximum absolute atomic E-state index is 6.32. The highest BCUT2D eigenvalue weighted by atomic mass is 79.9. The van der Waals surface area contributed by atoms with E-state index < -0.39 is 0 Å². The van der Waals surface area contributed by atoms with Gasteiger partial charge in [0.15, 0.2) is 0 Å². The van der Waals surface area contributed by atoms with E-state index in [1.54, 1.807) is 19.5 Å². The van der Waals surface area contributed by atoms with Gasteiger partial charge in [0, 0.05) is 76.9 Å². The number of hydrogen-bond donors (Lipinski definition) is 0. The number of anilines is 2. The van der Waals surface area contributed by atoms with Crippen LogP contribution in [0.2, 0.25) is 5.02 Å². The maximum atomic E-state index is 6.32. The average Bonchev–Trinajstić information content (AvgIpc) is 3.82. The summed E-state index contributed by atoms with van der Waals surface area (Å²) in [6.07, 6.45) is 11.8. The van der Waals surface area contributed by atoms with Crippen LogP contribution >= 0.6 is 43.5 Å². The van der Waals surface area contributed by atoms with E-state index in [0.717, 1.165) is 152 Å². The number of hydrogen-bond acceptors (Lipinski definition) is 9. The monoisotopic (exact) mass is 920 g/mol. The van der Waals surface area contributed by atoms with Crippen LogP contribution in [-0.2, 0) is 0 Å². The van der Waals surface area contributed by atoms with Crippen molar-refractivity contribution in [2.45, 2.75) is 25.7 Å². The SMILES string of the molecule is COc1ccccc1N1CCN(CCCCOc2ccn3ncc(Br)c3c2)CC1.Clc1ccccc1N1CCN(CCCCOc2ccn3ncc(Br)c3c2)CC1. The minimum absolute atomic E-state index is 0.738. The van der Waals surface area contributed by atoms with E-state index in [1.165, 1.54) is 5.69 Å². The van der Waals surface area contributed by atoms with Crippen LogP contribution in [0.4, 0.5) is 11.4 Å². The zero-order chi connectivity index (χ0) is 39.4. The molecule has 0 bridgehead atoms. The molecular weight excluding hydrogens is 872 g/mol. The smallest absolute Gasteiger partial charge is 0.142 e. The van der Waals surface area contributed by atoms with Gasteiger partial charge < -0.3 is 24.0 Å². The van der Waals surface area contributed by atoms with E-state index >= 15 is 0 Å². The number of ether oxygens (including phenoxy) is 3. The van der Waals surface area contributed by atoms with Gasteiger partial charge in [0.05, 0.1) is 69.1 Å². The van der Waals surface area contributed by atoms with Crippen molar-refractivity contribution in [1.82, 2.24) is 29.0 Å². The number of fused-ring (bicyclic) bond motifs is 2. The Labute approximate surface area is 357 Å². The number of methoxy groups -OCH3 is 1. The van der Waals surface area contributed by atoms with E-state index in [9.17, 15) is 0 Å². The topological polar surface area (TPSA) is 75.2 Å². The summed E-state index contributed by atoms with van der Waals surface area (Å²) in [5, 5.41) is 9.34. The van der Waals surface area contributed by atoms with Gasteiger partial charge in [-0.2, -0.15) is 10.2 Å². The van der Waals surface area contributed by atoms with Crippen molar-refractivity contribution >= 4 is 65.9 Å². The van der Waals surface area contributed by atoms with Crippen molar-refractivity contribution in [2.24, 2.45) is 0 Å². The van der Waals surface area contributed by atoms with E-state index in [-0.39, 0.29) is 0 Å². The van der Waals surface area contributed by atoms with Crippen LogP contribution in [-0.4, -0.2) is 115 Å². The Bertz CT molecular complexity index is 2170. The number of para-hydroxylation sites is 3. The lowest BCUT2D eigenvalue weighted by Crippen LogP contribution is -2.46.